The Morgan fingerprint density at radius 2 is 2.11 bits per heavy atom. The molecule has 1 heterocycles. The van der Waals surface area contributed by atoms with Crippen molar-refractivity contribution in [1.29, 1.82) is 0 Å². The number of benzene rings is 1. The highest BCUT2D eigenvalue weighted by atomic mass is 35.5. The summed E-state index contributed by atoms with van der Waals surface area (Å²) in [6, 6.07) is 5.32. The van der Waals surface area contributed by atoms with Gasteiger partial charge >= 0.3 is 0 Å². The molecule has 0 atom stereocenters. The lowest BCUT2D eigenvalue weighted by atomic mass is 10.2. The molecule has 0 aliphatic rings. The van der Waals surface area contributed by atoms with Gasteiger partial charge in [-0.3, -0.25) is 0 Å². The van der Waals surface area contributed by atoms with E-state index < -0.39 is 0 Å². The van der Waals surface area contributed by atoms with Gasteiger partial charge in [0, 0.05) is 12.1 Å². The van der Waals surface area contributed by atoms with Crippen LogP contribution >= 0.6 is 23.2 Å². The summed E-state index contributed by atoms with van der Waals surface area (Å²) >= 11 is 11.8. The summed E-state index contributed by atoms with van der Waals surface area (Å²) in [5.41, 5.74) is 1.70. The molecule has 0 unspecified atom stereocenters. The van der Waals surface area contributed by atoms with E-state index in [0.29, 0.717) is 22.5 Å². The Bertz CT molecular complexity index is 525. The van der Waals surface area contributed by atoms with Gasteiger partial charge < -0.3 is 9.73 Å². The largest absolute Gasteiger partial charge is 0.444 e. The maximum Gasteiger partial charge on any atom is 0.226 e. The Morgan fingerprint density at radius 1 is 1.28 bits per heavy atom. The van der Waals surface area contributed by atoms with Crippen molar-refractivity contribution in [3.05, 3.63) is 40.2 Å². The standard InChI is InChI=1S/C13H14Cl2N2O/c1-2-5-16-7-10-8-18-13(17-10)9-3-4-11(14)12(15)6-9/h3-4,6,8,16H,2,5,7H2,1H3. The molecule has 2 rings (SSSR count). The number of hydrogen-bond acceptors (Lipinski definition) is 3. The molecular weight excluding hydrogens is 271 g/mol. The molecule has 18 heavy (non-hydrogen) atoms. The van der Waals surface area contributed by atoms with E-state index in [2.05, 4.69) is 17.2 Å². The summed E-state index contributed by atoms with van der Waals surface area (Å²) in [5.74, 6) is 0.557. The average molecular weight is 285 g/mol. The molecule has 0 fully saturated rings. The first-order valence-electron chi connectivity index (χ1n) is 5.81. The SMILES string of the molecule is CCCNCc1coc(-c2ccc(Cl)c(Cl)c2)n1. The van der Waals surface area contributed by atoms with E-state index in [1.807, 2.05) is 6.07 Å². The smallest absolute Gasteiger partial charge is 0.226 e. The molecule has 0 amide bonds. The van der Waals surface area contributed by atoms with Gasteiger partial charge in [0.15, 0.2) is 0 Å². The fraction of sp³-hybridized carbons (Fsp3) is 0.308. The zero-order valence-electron chi connectivity index (χ0n) is 10.0. The Kier molecular flexibility index (Phi) is 4.64. The lowest BCUT2D eigenvalue weighted by Crippen LogP contribution is -2.13. The molecule has 0 saturated carbocycles. The number of hydrogen-bond donors (Lipinski definition) is 1. The molecule has 2 aromatic rings. The molecule has 0 radical (unpaired) electrons. The third-order valence-corrected chi connectivity index (χ3v) is 3.19. The summed E-state index contributed by atoms with van der Waals surface area (Å²) < 4.78 is 5.42. The molecule has 0 saturated heterocycles. The van der Waals surface area contributed by atoms with Crippen molar-refractivity contribution in [2.24, 2.45) is 0 Å². The van der Waals surface area contributed by atoms with Crippen LogP contribution < -0.4 is 5.32 Å². The fourth-order valence-corrected chi connectivity index (χ4v) is 1.84. The van der Waals surface area contributed by atoms with E-state index in [-0.39, 0.29) is 0 Å². The van der Waals surface area contributed by atoms with E-state index in [9.17, 15) is 0 Å². The lowest BCUT2D eigenvalue weighted by Gasteiger charge is -1.99. The van der Waals surface area contributed by atoms with Gasteiger partial charge in [-0.05, 0) is 31.2 Å². The normalized spacial score (nSPS) is 10.8. The zero-order chi connectivity index (χ0) is 13.0. The van der Waals surface area contributed by atoms with Crippen molar-refractivity contribution in [3.8, 4) is 11.5 Å². The maximum atomic E-state index is 5.96. The first-order chi connectivity index (χ1) is 8.70. The minimum Gasteiger partial charge on any atom is -0.444 e. The van der Waals surface area contributed by atoms with Gasteiger partial charge in [0.2, 0.25) is 5.89 Å². The second-order valence-corrected chi connectivity index (χ2v) is 4.76. The van der Waals surface area contributed by atoms with E-state index in [1.165, 1.54) is 0 Å². The summed E-state index contributed by atoms with van der Waals surface area (Å²) in [6.07, 6.45) is 2.75. The fourth-order valence-electron chi connectivity index (χ4n) is 1.54. The summed E-state index contributed by atoms with van der Waals surface area (Å²) in [7, 11) is 0. The Labute approximate surface area is 116 Å². The molecule has 5 heteroatoms. The molecule has 0 aliphatic carbocycles. The van der Waals surface area contributed by atoms with Crippen molar-refractivity contribution in [2.75, 3.05) is 6.54 Å². The first-order valence-corrected chi connectivity index (χ1v) is 6.57. The highest BCUT2D eigenvalue weighted by Gasteiger charge is 2.08. The third kappa shape index (κ3) is 3.25. The predicted molar refractivity (Wildman–Crippen MR) is 74.0 cm³/mol. The van der Waals surface area contributed by atoms with Crippen molar-refractivity contribution < 1.29 is 4.42 Å². The summed E-state index contributed by atoms with van der Waals surface area (Å²) in [5, 5.41) is 4.29. The van der Waals surface area contributed by atoms with Crippen LogP contribution in [0.3, 0.4) is 0 Å². The molecule has 96 valence electrons. The number of oxazole rings is 1. The topological polar surface area (TPSA) is 38.1 Å². The third-order valence-electron chi connectivity index (χ3n) is 2.45. The van der Waals surface area contributed by atoms with Crippen LogP contribution in [0.5, 0.6) is 0 Å². The second kappa shape index (κ2) is 6.23. The van der Waals surface area contributed by atoms with E-state index in [0.717, 1.165) is 24.2 Å². The number of aromatic nitrogens is 1. The Hall–Kier alpha value is -1.03. The minimum absolute atomic E-state index is 0.498. The maximum absolute atomic E-state index is 5.96. The average Bonchev–Trinajstić information content (AvgIpc) is 2.82. The minimum atomic E-state index is 0.498. The van der Waals surface area contributed by atoms with Crippen LogP contribution in [0.15, 0.2) is 28.9 Å². The molecule has 0 spiro atoms. The monoisotopic (exact) mass is 284 g/mol. The van der Waals surface area contributed by atoms with Gasteiger partial charge in [0.25, 0.3) is 0 Å². The van der Waals surface area contributed by atoms with Crippen LogP contribution in [0.2, 0.25) is 10.0 Å². The first kappa shape index (κ1) is 13.4. The highest BCUT2D eigenvalue weighted by molar-refractivity contribution is 6.42. The van der Waals surface area contributed by atoms with E-state index in [4.69, 9.17) is 27.6 Å². The molecule has 0 aliphatic heterocycles. The van der Waals surface area contributed by atoms with Crippen molar-refractivity contribution in [1.82, 2.24) is 10.3 Å². The van der Waals surface area contributed by atoms with Gasteiger partial charge in [-0.1, -0.05) is 30.1 Å². The van der Waals surface area contributed by atoms with Gasteiger partial charge in [0.05, 0.1) is 15.7 Å². The summed E-state index contributed by atoms with van der Waals surface area (Å²) in [6.45, 7) is 3.80. The molecule has 1 aromatic carbocycles. The van der Waals surface area contributed by atoms with E-state index >= 15 is 0 Å². The number of rotatable bonds is 5. The van der Waals surface area contributed by atoms with Crippen LogP contribution in [0, 0.1) is 0 Å². The molecule has 1 N–H and O–H groups in total. The molecule has 0 bridgehead atoms. The van der Waals surface area contributed by atoms with Crippen molar-refractivity contribution in [2.45, 2.75) is 19.9 Å². The van der Waals surface area contributed by atoms with Crippen LogP contribution in [0.25, 0.3) is 11.5 Å². The molecular formula is C13H14Cl2N2O. The van der Waals surface area contributed by atoms with Gasteiger partial charge in [-0.15, -0.1) is 0 Å². The van der Waals surface area contributed by atoms with Crippen LogP contribution in [0.4, 0.5) is 0 Å². The van der Waals surface area contributed by atoms with Gasteiger partial charge in [0.1, 0.15) is 6.26 Å². The molecule has 1 aromatic heterocycles. The highest BCUT2D eigenvalue weighted by Crippen LogP contribution is 2.27. The Morgan fingerprint density at radius 3 is 2.83 bits per heavy atom. The zero-order valence-corrected chi connectivity index (χ0v) is 11.6. The van der Waals surface area contributed by atoms with Crippen molar-refractivity contribution >= 4 is 23.2 Å². The van der Waals surface area contributed by atoms with E-state index in [1.54, 1.807) is 18.4 Å². The van der Waals surface area contributed by atoms with Gasteiger partial charge in [-0.25, -0.2) is 4.98 Å². The second-order valence-electron chi connectivity index (χ2n) is 3.95. The summed E-state index contributed by atoms with van der Waals surface area (Å²) in [4.78, 5) is 4.39. The number of nitrogens with zero attached hydrogens (tertiary/aromatic N) is 1. The van der Waals surface area contributed by atoms with Crippen LogP contribution in [-0.2, 0) is 6.54 Å². The number of nitrogens with one attached hydrogen (secondary N) is 1. The Balaban J connectivity index is 2.11. The van der Waals surface area contributed by atoms with Crippen LogP contribution in [0.1, 0.15) is 19.0 Å². The quantitative estimate of drug-likeness (QED) is 0.839. The van der Waals surface area contributed by atoms with Crippen LogP contribution in [-0.4, -0.2) is 11.5 Å². The molecule has 3 nitrogen and oxygen atoms in total. The van der Waals surface area contributed by atoms with Gasteiger partial charge in [-0.2, -0.15) is 0 Å². The predicted octanol–water partition coefficient (Wildman–Crippen LogP) is 4.15. The number of halogens is 2. The lowest BCUT2D eigenvalue weighted by molar-refractivity contribution is 0.570. The van der Waals surface area contributed by atoms with Crippen molar-refractivity contribution in [3.63, 3.8) is 0 Å².